The number of carboxylic acid groups (broad SMARTS) is 1. The second kappa shape index (κ2) is 8.85. The molecule has 2 aromatic carbocycles. The van der Waals surface area contributed by atoms with Crippen LogP contribution >= 0.6 is 0 Å². The van der Waals surface area contributed by atoms with Gasteiger partial charge in [0.15, 0.2) is 0 Å². The first-order valence-electron chi connectivity index (χ1n) is 11.2. The van der Waals surface area contributed by atoms with Crippen LogP contribution < -0.4 is 19.1 Å². The van der Waals surface area contributed by atoms with Gasteiger partial charge in [-0.25, -0.2) is 9.37 Å². The largest absolute Gasteiger partial charge is 0.492 e. The molecule has 0 spiro atoms. The minimum atomic E-state index is -0.859. The number of hydrogen-bond donors (Lipinski definition) is 1. The summed E-state index contributed by atoms with van der Waals surface area (Å²) in [5, 5.41) is 9.08. The fraction of sp³-hybridized carbons (Fsp3) is 0.308. The zero-order valence-corrected chi connectivity index (χ0v) is 19.0. The molecule has 1 aromatic heterocycles. The number of nitrogens with zero attached hydrogens (tertiary/aromatic N) is 2. The number of hydrogen-bond acceptors (Lipinski definition) is 6. The van der Waals surface area contributed by atoms with Gasteiger partial charge in [0.1, 0.15) is 40.7 Å². The molecule has 0 amide bonds. The van der Waals surface area contributed by atoms with E-state index in [9.17, 15) is 9.18 Å². The van der Waals surface area contributed by atoms with Crippen molar-refractivity contribution in [1.82, 2.24) is 4.98 Å². The first-order valence-corrected chi connectivity index (χ1v) is 11.2. The lowest BCUT2D eigenvalue weighted by atomic mass is 9.98. The summed E-state index contributed by atoms with van der Waals surface area (Å²) in [7, 11) is 3.83. The molecular weight excluding hydrogens is 439 g/mol. The van der Waals surface area contributed by atoms with Crippen LogP contribution in [-0.4, -0.2) is 36.8 Å². The third-order valence-electron chi connectivity index (χ3n) is 6.21. The molecule has 2 heterocycles. The monoisotopic (exact) mass is 464 g/mol. The lowest BCUT2D eigenvalue weighted by molar-refractivity contribution is -0.137. The zero-order chi connectivity index (χ0) is 23.8. The minimum absolute atomic E-state index is 0.0184. The maximum atomic E-state index is 14.9. The lowest BCUT2D eigenvalue weighted by Gasteiger charge is -2.17. The number of ether oxygens (including phenoxy) is 3. The van der Waals surface area contributed by atoms with Crippen LogP contribution in [0.25, 0.3) is 0 Å². The van der Waals surface area contributed by atoms with Crippen molar-refractivity contribution >= 4 is 11.8 Å². The molecule has 0 unspecified atom stereocenters. The third kappa shape index (κ3) is 4.23. The van der Waals surface area contributed by atoms with Crippen molar-refractivity contribution in [3.05, 3.63) is 71.2 Å². The summed E-state index contributed by atoms with van der Waals surface area (Å²) in [5.41, 5.74) is 2.15. The Morgan fingerprint density at radius 2 is 2.03 bits per heavy atom. The molecule has 1 N–H and O–H groups in total. The molecular formula is C26H25FN2O5. The smallest absolute Gasteiger partial charge is 0.304 e. The SMILES string of the molecule is CN(C)c1ccc(Oc2ccc(F)c3c2CC[C@H]3Oc2ccc3c(c2)OC[C@H]3CC(=O)O)cn1. The van der Waals surface area contributed by atoms with Crippen LogP contribution in [0.5, 0.6) is 23.0 Å². The van der Waals surface area contributed by atoms with Crippen molar-refractivity contribution in [3.8, 4) is 23.0 Å². The second-order valence-electron chi connectivity index (χ2n) is 8.74. The van der Waals surface area contributed by atoms with E-state index in [1.165, 1.54) is 6.07 Å². The summed E-state index contributed by atoms with van der Waals surface area (Å²) >= 11 is 0. The first kappa shape index (κ1) is 22.0. The molecule has 1 aliphatic heterocycles. The first-order chi connectivity index (χ1) is 16.4. The molecule has 0 saturated heterocycles. The highest BCUT2D eigenvalue weighted by atomic mass is 19.1. The normalized spacial score (nSPS) is 18.1. The summed E-state index contributed by atoms with van der Waals surface area (Å²) in [5.74, 6) is 1.80. The van der Waals surface area contributed by atoms with E-state index in [0.29, 0.717) is 48.0 Å². The number of halogens is 1. The molecule has 5 rings (SSSR count). The van der Waals surface area contributed by atoms with Crippen molar-refractivity contribution in [1.29, 1.82) is 0 Å². The molecule has 2 atom stereocenters. The Morgan fingerprint density at radius 3 is 2.76 bits per heavy atom. The van der Waals surface area contributed by atoms with Gasteiger partial charge >= 0.3 is 5.97 Å². The van der Waals surface area contributed by atoms with Crippen LogP contribution in [0.1, 0.15) is 41.6 Å². The van der Waals surface area contributed by atoms with Crippen LogP contribution in [0.15, 0.2) is 48.7 Å². The fourth-order valence-corrected chi connectivity index (χ4v) is 4.55. The number of aliphatic carboxylic acids is 1. The van der Waals surface area contributed by atoms with E-state index in [1.54, 1.807) is 24.4 Å². The van der Waals surface area contributed by atoms with Crippen LogP contribution in [0.3, 0.4) is 0 Å². The van der Waals surface area contributed by atoms with Crippen LogP contribution in [0.4, 0.5) is 10.2 Å². The summed E-state index contributed by atoms with van der Waals surface area (Å²) < 4.78 is 32.7. The van der Waals surface area contributed by atoms with Gasteiger partial charge in [-0.1, -0.05) is 6.07 Å². The number of aromatic nitrogens is 1. The number of pyridine rings is 1. The van der Waals surface area contributed by atoms with Crippen molar-refractivity contribution < 1.29 is 28.5 Å². The van der Waals surface area contributed by atoms with E-state index >= 15 is 0 Å². The van der Waals surface area contributed by atoms with Crippen molar-refractivity contribution in [2.75, 3.05) is 25.6 Å². The Balaban J connectivity index is 1.35. The Kier molecular flexibility index (Phi) is 5.73. The van der Waals surface area contributed by atoms with Crippen molar-refractivity contribution in [3.63, 3.8) is 0 Å². The number of carbonyl (C=O) groups is 1. The van der Waals surface area contributed by atoms with Crippen molar-refractivity contribution in [2.24, 2.45) is 0 Å². The van der Waals surface area contributed by atoms with Gasteiger partial charge < -0.3 is 24.2 Å². The van der Waals surface area contributed by atoms with E-state index in [0.717, 1.165) is 16.9 Å². The second-order valence-corrected chi connectivity index (χ2v) is 8.74. The Labute approximate surface area is 196 Å². The molecule has 0 saturated carbocycles. The molecule has 34 heavy (non-hydrogen) atoms. The number of rotatable bonds is 7. The van der Waals surface area contributed by atoms with Gasteiger partial charge in [-0.05, 0) is 43.2 Å². The van der Waals surface area contributed by atoms with E-state index in [-0.39, 0.29) is 18.2 Å². The maximum Gasteiger partial charge on any atom is 0.304 e. The molecule has 0 bridgehead atoms. The summed E-state index contributed by atoms with van der Waals surface area (Å²) in [6.07, 6.45) is 2.45. The Bertz CT molecular complexity index is 1230. The van der Waals surface area contributed by atoms with Crippen LogP contribution in [-0.2, 0) is 11.2 Å². The average Bonchev–Trinajstić information content (AvgIpc) is 3.41. The third-order valence-corrected chi connectivity index (χ3v) is 6.21. The van der Waals surface area contributed by atoms with E-state index in [1.807, 2.05) is 37.2 Å². The number of benzene rings is 2. The van der Waals surface area contributed by atoms with E-state index < -0.39 is 12.1 Å². The molecule has 2 aliphatic rings. The van der Waals surface area contributed by atoms with Crippen LogP contribution in [0, 0.1) is 5.82 Å². The highest BCUT2D eigenvalue weighted by Gasteiger charge is 2.32. The molecule has 3 aromatic rings. The maximum absolute atomic E-state index is 14.9. The summed E-state index contributed by atoms with van der Waals surface area (Å²) in [6, 6.07) is 12.1. The highest BCUT2D eigenvalue weighted by Crippen LogP contribution is 2.44. The predicted octanol–water partition coefficient (Wildman–Crippen LogP) is 5.10. The van der Waals surface area contributed by atoms with Gasteiger partial charge in [0.25, 0.3) is 0 Å². The topological polar surface area (TPSA) is 81.1 Å². The quantitative estimate of drug-likeness (QED) is 0.521. The molecule has 7 nitrogen and oxygen atoms in total. The minimum Gasteiger partial charge on any atom is -0.492 e. The Hall–Kier alpha value is -3.81. The molecule has 1 aliphatic carbocycles. The van der Waals surface area contributed by atoms with Gasteiger partial charge in [0.05, 0.1) is 19.2 Å². The zero-order valence-electron chi connectivity index (χ0n) is 19.0. The predicted molar refractivity (Wildman–Crippen MR) is 124 cm³/mol. The molecule has 8 heteroatoms. The number of fused-ring (bicyclic) bond motifs is 2. The average molecular weight is 464 g/mol. The van der Waals surface area contributed by atoms with E-state index in [2.05, 4.69) is 4.98 Å². The Morgan fingerprint density at radius 1 is 1.21 bits per heavy atom. The van der Waals surface area contributed by atoms with Gasteiger partial charge in [-0.3, -0.25) is 4.79 Å². The molecule has 176 valence electrons. The van der Waals surface area contributed by atoms with Crippen LogP contribution in [0.2, 0.25) is 0 Å². The van der Waals surface area contributed by atoms with Gasteiger partial charge in [0, 0.05) is 42.8 Å². The van der Waals surface area contributed by atoms with E-state index in [4.69, 9.17) is 19.3 Å². The molecule has 0 radical (unpaired) electrons. The number of anilines is 1. The summed E-state index contributed by atoms with van der Waals surface area (Å²) in [4.78, 5) is 17.3. The fourth-order valence-electron chi connectivity index (χ4n) is 4.55. The van der Waals surface area contributed by atoms with Gasteiger partial charge in [-0.2, -0.15) is 0 Å². The molecule has 0 fully saturated rings. The standard InChI is InChI=1S/C26H25FN2O5/c1-29(2)24-10-4-17(13-28-24)34-21-9-7-20(27)26-19(21)6-8-22(26)33-16-3-5-18-15(11-25(30)31)14-32-23(18)12-16/h3-5,7,9-10,12-13,15,22H,6,8,11,14H2,1-2H3,(H,30,31)/t15-,22-/m1/s1. The number of carboxylic acids is 1. The summed E-state index contributed by atoms with van der Waals surface area (Å²) in [6.45, 7) is 0.330. The van der Waals surface area contributed by atoms with Gasteiger partial charge in [0.2, 0.25) is 0 Å². The van der Waals surface area contributed by atoms with Gasteiger partial charge in [-0.15, -0.1) is 0 Å². The lowest BCUT2D eigenvalue weighted by Crippen LogP contribution is -2.10. The highest BCUT2D eigenvalue weighted by molar-refractivity contribution is 5.68. The van der Waals surface area contributed by atoms with Crippen molar-refractivity contribution in [2.45, 2.75) is 31.3 Å².